The second-order valence-corrected chi connectivity index (χ2v) is 7.99. The van der Waals surface area contributed by atoms with Crippen LogP contribution in [-0.2, 0) is 11.2 Å². The summed E-state index contributed by atoms with van der Waals surface area (Å²) in [5.41, 5.74) is 5.53. The van der Waals surface area contributed by atoms with Crippen molar-refractivity contribution in [2.75, 3.05) is 26.3 Å². The van der Waals surface area contributed by atoms with Gasteiger partial charge in [0.15, 0.2) is 0 Å². The average molecular weight is 408 g/mol. The molecule has 1 fully saturated rings. The van der Waals surface area contributed by atoms with Gasteiger partial charge in [-0.1, -0.05) is 12.1 Å². The molecule has 1 saturated heterocycles. The van der Waals surface area contributed by atoms with Gasteiger partial charge in [-0.05, 0) is 73.6 Å². The number of nitrogens with one attached hydrogen (secondary N) is 2. The molecule has 1 unspecified atom stereocenters. The van der Waals surface area contributed by atoms with Crippen molar-refractivity contribution in [1.82, 2.24) is 10.6 Å². The smallest absolute Gasteiger partial charge is 0.255 e. The second kappa shape index (κ2) is 8.88. The van der Waals surface area contributed by atoms with Gasteiger partial charge in [-0.3, -0.25) is 9.59 Å². The number of hydrogen-bond donors (Lipinski definition) is 2. The molecule has 2 aliphatic rings. The molecule has 6 heteroatoms. The van der Waals surface area contributed by atoms with Gasteiger partial charge in [-0.25, -0.2) is 0 Å². The van der Waals surface area contributed by atoms with E-state index in [0.29, 0.717) is 43.0 Å². The fraction of sp³-hybridized carbons (Fsp3) is 0.417. The third-order valence-corrected chi connectivity index (χ3v) is 5.95. The monoisotopic (exact) mass is 408 g/mol. The Morgan fingerprint density at radius 1 is 1.17 bits per heavy atom. The van der Waals surface area contributed by atoms with Gasteiger partial charge in [0.2, 0.25) is 0 Å². The van der Waals surface area contributed by atoms with E-state index in [1.165, 1.54) is 0 Å². The number of fused-ring (bicyclic) bond motifs is 1. The molecular weight excluding hydrogens is 380 g/mol. The lowest BCUT2D eigenvalue weighted by atomic mass is 9.93. The minimum absolute atomic E-state index is 0.0806. The lowest BCUT2D eigenvalue weighted by molar-refractivity contribution is 0.0857. The van der Waals surface area contributed by atoms with Crippen molar-refractivity contribution in [2.24, 2.45) is 0 Å². The number of rotatable bonds is 5. The zero-order valence-corrected chi connectivity index (χ0v) is 17.5. The number of carbonyl (C=O) groups is 2. The van der Waals surface area contributed by atoms with Crippen molar-refractivity contribution < 1.29 is 19.1 Å². The fourth-order valence-corrected chi connectivity index (χ4v) is 4.02. The molecule has 1 atom stereocenters. The van der Waals surface area contributed by atoms with Crippen LogP contribution in [0.3, 0.4) is 0 Å². The van der Waals surface area contributed by atoms with Crippen LogP contribution < -0.4 is 15.4 Å². The van der Waals surface area contributed by atoms with Crippen LogP contribution in [0.2, 0.25) is 0 Å². The van der Waals surface area contributed by atoms with Crippen molar-refractivity contribution in [3.05, 3.63) is 63.7 Å². The minimum Gasteiger partial charge on any atom is -0.491 e. The highest BCUT2D eigenvalue weighted by Crippen LogP contribution is 2.31. The first-order valence-corrected chi connectivity index (χ1v) is 10.6. The molecule has 30 heavy (non-hydrogen) atoms. The molecule has 0 saturated carbocycles. The lowest BCUT2D eigenvalue weighted by Gasteiger charge is -2.16. The van der Waals surface area contributed by atoms with E-state index >= 15 is 0 Å². The topological polar surface area (TPSA) is 76.7 Å². The minimum atomic E-state index is -0.0925. The summed E-state index contributed by atoms with van der Waals surface area (Å²) in [6.45, 7) is 6.39. The van der Waals surface area contributed by atoms with Crippen molar-refractivity contribution >= 4 is 11.8 Å². The number of carbonyl (C=O) groups excluding carboxylic acids is 2. The summed E-state index contributed by atoms with van der Waals surface area (Å²) in [6.07, 6.45) is 2.88. The van der Waals surface area contributed by atoms with Gasteiger partial charge in [-0.2, -0.15) is 0 Å². The van der Waals surface area contributed by atoms with Gasteiger partial charge in [0.05, 0.1) is 18.2 Å². The molecule has 0 spiro atoms. The number of ether oxygens (including phenoxy) is 2. The van der Waals surface area contributed by atoms with Crippen LogP contribution in [0.25, 0.3) is 0 Å². The standard InChI is InChI=1S/C24H28N2O4/c1-15-16(2)22-21(24(28)25-9-11-30-22)13-19(15)12-17-5-7-18(8-6-17)23(27)26-14-20-4-3-10-29-20/h5-8,13,20H,3-4,9-12,14H2,1-2H3,(H,25,28)(H,26,27). The summed E-state index contributed by atoms with van der Waals surface area (Å²) in [4.78, 5) is 24.8. The molecule has 2 aliphatic heterocycles. The Bertz CT molecular complexity index is 947. The van der Waals surface area contributed by atoms with Crippen LogP contribution in [-0.4, -0.2) is 44.2 Å². The number of benzene rings is 2. The molecule has 2 aromatic carbocycles. The number of amides is 2. The van der Waals surface area contributed by atoms with E-state index in [1.54, 1.807) is 0 Å². The van der Waals surface area contributed by atoms with Crippen molar-refractivity contribution in [3.8, 4) is 5.75 Å². The summed E-state index contributed by atoms with van der Waals surface area (Å²) in [5, 5.41) is 5.82. The van der Waals surface area contributed by atoms with E-state index in [0.717, 1.165) is 41.7 Å². The Hall–Kier alpha value is -2.86. The Balaban J connectivity index is 1.47. The van der Waals surface area contributed by atoms with Gasteiger partial charge >= 0.3 is 0 Å². The maximum absolute atomic E-state index is 12.4. The zero-order valence-electron chi connectivity index (χ0n) is 17.5. The Morgan fingerprint density at radius 3 is 2.70 bits per heavy atom. The van der Waals surface area contributed by atoms with E-state index in [2.05, 4.69) is 17.6 Å². The Labute approximate surface area is 177 Å². The summed E-state index contributed by atoms with van der Waals surface area (Å²) in [7, 11) is 0. The van der Waals surface area contributed by atoms with E-state index in [9.17, 15) is 9.59 Å². The molecule has 158 valence electrons. The molecule has 2 aromatic rings. The highest BCUT2D eigenvalue weighted by molar-refractivity contribution is 5.98. The van der Waals surface area contributed by atoms with Crippen molar-refractivity contribution in [1.29, 1.82) is 0 Å². The molecule has 0 radical (unpaired) electrons. The van der Waals surface area contributed by atoms with E-state index in [-0.39, 0.29) is 17.9 Å². The van der Waals surface area contributed by atoms with E-state index in [1.807, 2.05) is 37.3 Å². The Kier molecular flexibility index (Phi) is 6.04. The van der Waals surface area contributed by atoms with Crippen LogP contribution in [0.1, 0.15) is 55.8 Å². The third-order valence-electron chi connectivity index (χ3n) is 5.95. The largest absolute Gasteiger partial charge is 0.491 e. The number of hydrogen-bond acceptors (Lipinski definition) is 4. The SMILES string of the molecule is Cc1c(Cc2ccc(C(=O)NCC3CCCO3)cc2)cc2c(c1C)OCCNC2=O. The summed E-state index contributed by atoms with van der Waals surface area (Å²) < 4.78 is 11.3. The molecule has 6 nitrogen and oxygen atoms in total. The summed E-state index contributed by atoms with van der Waals surface area (Å²) in [6, 6.07) is 9.57. The van der Waals surface area contributed by atoms with Gasteiger partial charge in [0.1, 0.15) is 12.4 Å². The van der Waals surface area contributed by atoms with Crippen LogP contribution in [0.5, 0.6) is 5.75 Å². The normalized spacial score (nSPS) is 18.2. The first-order valence-electron chi connectivity index (χ1n) is 10.6. The first kappa shape index (κ1) is 20.4. The second-order valence-electron chi connectivity index (χ2n) is 7.99. The molecular formula is C24H28N2O4. The van der Waals surface area contributed by atoms with Crippen LogP contribution in [0, 0.1) is 13.8 Å². The molecule has 4 rings (SSSR count). The van der Waals surface area contributed by atoms with Gasteiger partial charge in [0, 0.05) is 18.7 Å². The quantitative estimate of drug-likeness (QED) is 0.798. The Morgan fingerprint density at radius 2 is 1.97 bits per heavy atom. The van der Waals surface area contributed by atoms with E-state index in [4.69, 9.17) is 9.47 Å². The molecule has 0 aromatic heterocycles. The highest BCUT2D eigenvalue weighted by Gasteiger charge is 2.22. The average Bonchev–Trinajstić information content (AvgIpc) is 3.21. The maximum Gasteiger partial charge on any atom is 0.255 e. The van der Waals surface area contributed by atoms with Gasteiger partial charge in [0.25, 0.3) is 11.8 Å². The molecule has 0 bridgehead atoms. The lowest BCUT2D eigenvalue weighted by Crippen LogP contribution is -2.31. The molecule has 2 amide bonds. The summed E-state index contributed by atoms with van der Waals surface area (Å²) >= 11 is 0. The molecule has 0 aliphatic carbocycles. The molecule has 2 N–H and O–H groups in total. The van der Waals surface area contributed by atoms with Gasteiger partial charge < -0.3 is 20.1 Å². The van der Waals surface area contributed by atoms with Crippen molar-refractivity contribution in [2.45, 2.75) is 39.2 Å². The van der Waals surface area contributed by atoms with Crippen molar-refractivity contribution in [3.63, 3.8) is 0 Å². The zero-order chi connectivity index (χ0) is 21.1. The third kappa shape index (κ3) is 4.33. The van der Waals surface area contributed by atoms with Crippen LogP contribution in [0.4, 0.5) is 0 Å². The van der Waals surface area contributed by atoms with Gasteiger partial charge in [-0.15, -0.1) is 0 Å². The van der Waals surface area contributed by atoms with E-state index < -0.39 is 0 Å². The highest BCUT2D eigenvalue weighted by atomic mass is 16.5. The predicted molar refractivity (Wildman–Crippen MR) is 114 cm³/mol. The first-order chi connectivity index (χ1) is 14.5. The fourth-order valence-electron chi connectivity index (χ4n) is 4.02. The molecule has 2 heterocycles. The maximum atomic E-state index is 12.4. The van der Waals surface area contributed by atoms with Crippen LogP contribution in [0.15, 0.2) is 30.3 Å². The summed E-state index contributed by atoms with van der Waals surface area (Å²) in [5.74, 6) is 0.512. The van der Waals surface area contributed by atoms with Crippen LogP contribution >= 0.6 is 0 Å². The predicted octanol–water partition coefficient (Wildman–Crippen LogP) is 2.93.